The highest BCUT2D eigenvalue weighted by Crippen LogP contribution is 2.31. The summed E-state index contributed by atoms with van der Waals surface area (Å²) in [6, 6.07) is 7.92. The highest BCUT2D eigenvalue weighted by molar-refractivity contribution is 5.74. The standard InChI is InChI=1S/C26H30N8O4/c1-38-25(35)18-3-8-32(9-4-18)20-15-21(30-22(16-20)31-23-17-27-6-7-28-23)19-2-5-29-24(14-19)33-10-12-34(13-11-33)26(36)37/h2,5-7,14-18H,3-4,8-13H2,1H3,(H,36,37)(H,28,30,31). The van der Waals surface area contributed by atoms with E-state index in [0.717, 1.165) is 48.7 Å². The fourth-order valence-electron chi connectivity index (χ4n) is 4.82. The van der Waals surface area contributed by atoms with Gasteiger partial charge in [0, 0.05) is 75.2 Å². The van der Waals surface area contributed by atoms with Crippen molar-refractivity contribution in [3.05, 3.63) is 49.1 Å². The zero-order chi connectivity index (χ0) is 26.5. The Hall–Kier alpha value is -4.48. The third-order valence-electron chi connectivity index (χ3n) is 6.94. The molecule has 0 saturated carbocycles. The van der Waals surface area contributed by atoms with Crippen LogP contribution in [0.15, 0.2) is 49.1 Å². The maximum atomic E-state index is 12.0. The third-order valence-corrected chi connectivity index (χ3v) is 6.94. The minimum Gasteiger partial charge on any atom is -0.469 e. The smallest absolute Gasteiger partial charge is 0.407 e. The van der Waals surface area contributed by atoms with Gasteiger partial charge in [-0.3, -0.25) is 9.78 Å². The van der Waals surface area contributed by atoms with Gasteiger partial charge in [-0.15, -0.1) is 0 Å². The summed E-state index contributed by atoms with van der Waals surface area (Å²) in [4.78, 5) is 46.9. The molecule has 3 aromatic heterocycles. The molecule has 2 saturated heterocycles. The average molecular weight is 519 g/mol. The minimum absolute atomic E-state index is 0.0842. The zero-order valence-electron chi connectivity index (χ0n) is 21.2. The Morgan fingerprint density at radius 3 is 2.42 bits per heavy atom. The van der Waals surface area contributed by atoms with Crippen molar-refractivity contribution in [2.24, 2.45) is 5.92 Å². The van der Waals surface area contributed by atoms with E-state index >= 15 is 0 Å². The molecule has 38 heavy (non-hydrogen) atoms. The van der Waals surface area contributed by atoms with E-state index in [1.54, 1.807) is 24.8 Å². The lowest BCUT2D eigenvalue weighted by molar-refractivity contribution is -0.146. The van der Waals surface area contributed by atoms with Crippen LogP contribution in [0.1, 0.15) is 12.8 Å². The minimum atomic E-state index is -0.897. The SMILES string of the molecule is COC(=O)C1CCN(c2cc(Nc3cnccn3)nc(-c3ccnc(N4CCN(C(=O)O)CC4)c3)c2)CC1. The van der Waals surface area contributed by atoms with Gasteiger partial charge in [-0.2, -0.15) is 0 Å². The second-order valence-corrected chi connectivity index (χ2v) is 9.26. The molecule has 12 nitrogen and oxygen atoms in total. The number of amides is 1. The van der Waals surface area contributed by atoms with E-state index in [1.165, 1.54) is 12.0 Å². The number of piperazine rings is 1. The van der Waals surface area contributed by atoms with E-state index in [2.05, 4.69) is 30.1 Å². The molecule has 2 N–H and O–H groups in total. The van der Waals surface area contributed by atoms with Crippen LogP contribution in [0.4, 0.5) is 27.9 Å². The first-order valence-corrected chi connectivity index (χ1v) is 12.6. The number of hydrogen-bond donors (Lipinski definition) is 2. The second kappa shape index (κ2) is 11.3. The number of methoxy groups -OCH3 is 1. The molecule has 198 valence electrons. The second-order valence-electron chi connectivity index (χ2n) is 9.26. The van der Waals surface area contributed by atoms with Crippen LogP contribution in [0.5, 0.6) is 0 Å². The van der Waals surface area contributed by atoms with Crippen molar-refractivity contribution in [2.45, 2.75) is 12.8 Å². The van der Waals surface area contributed by atoms with Gasteiger partial charge in [0.1, 0.15) is 17.5 Å². The Morgan fingerprint density at radius 2 is 1.74 bits per heavy atom. The summed E-state index contributed by atoms with van der Waals surface area (Å²) >= 11 is 0. The van der Waals surface area contributed by atoms with Crippen molar-refractivity contribution in [3.8, 4) is 11.3 Å². The van der Waals surface area contributed by atoms with E-state index in [9.17, 15) is 14.7 Å². The molecular formula is C26H30N8O4. The van der Waals surface area contributed by atoms with Crippen LogP contribution in [0.3, 0.4) is 0 Å². The molecule has 12 heteroatoms. The molecule has 5 rings (SSSR count). The number of carbonyl (C=O) groups is 2. The lowest BCUT2D eigenvalue weighted by Crippen LogP contribution is -2.48. The zero-order valence-corrected chi connectivity index (χ0v) is 21.2. The van der Waals surface area contributed by atoms with Crippen molar-refractivity contribution < 1.29 is 19.4 Å². The number of carboxylic acid groups (broad SMARTS) is 1. The lowest BCUT2D eigenvalue weighted by Gasteiger charge is -2.34. The molecule has 0 spiro atoms. The van der Waals surface area contributed by atoms with Crippen LogP contribution in [-0.2, 0) is 9.53 Å². The molecule has 0 aliphatic carbocycles. The van der Waals surface area contributed by atoms with Gasteiger partial charge < -0.3 is 29.9 Å². The van der Waals surface area contributed by atoms with Gasteiger partial charge in [0.05, 0.1) is 24.9 Å². The fraction of sp³-hybridized carbons (Fsp3) is 0.385. The molecule has 2 aliphatic heterocycles. The number of nitrogens with one attached hydrogen (secondary N) is 1. The Labute approximate surface area is 220 Å². The monoisotopic (exact) mass is 518 g/mol. The summed E-state index contributed by atoms with van der Waals surface area (Å²) < 4.78 is 4.94. The number of ether oxygens (including phenoxy) is 1. The third kappa shape index (κ3) is 5.74. The van der Waals surface area contributed by atoms with Gasteiger partial charge in [0.2, 0.25) is 0 Å². The van der Waals surface area contributed by atoms with Crippen molar-refractivity contribution in [3.63, 3.8) is 0 Å². The molecule has 2 aliphatic rings. The predicted octanol–water partition coefficient (Wildman–Crippen LogP) is 2.87. The number of esters is 1. The molecule has 0 aromatic carbocycles. The van der Waals surface area contributed by atoms with Gasteiger partial charge in [0.15, 0.2) is 0 Å². The number of anilines is 4. The number of pyridine rings is 2. The molecule has 1 amide bonds. The molecular weight excluding hydrogens is 488 g/mol. The Balaban J connectivity index is 1.42. The van der Waals surface area contributed by atoms with E-state index in [-0.39, 0.29) is 11.9 Å². The van der Waals surface area contributed by atoms with Crippen molar-refractivity contribution in [2.75, 3.05) is 61.5 Å². The highest BCUT2D eigenvalue weighted by atomic mass is 16.5. The first-order chi connectivity index (χ1) is 18.5. The Morgan fingerprint density at radius 1 is 0.947 bits per heavy atom. The summed E-state index contributed by atoms with van der Waals surface area (Å²) in [5.74, 6) is 1.75. The normalized spacial score (nSPS) is 16.3. The lowest BCUT2D eigenvalue weighted by atomic mass is 9.96. The first-order valence-electron chi connectivity index (χ1n) is 12.6. The van der Waals surface area contributed by atoms with E-state index in [1.807, 2.05) is 24.3 Å². The number of aromatic nitrogens is 4. The van der Waals surface area contributed by atoms with Crippen LogP contribution >= 0.6 is 0 Å². The maximum Gasteiger partial charge on any atom is 0.407 e. The van der Waals surface area contributed by atoms with Crippen LogP contribution in [0, 0.1) is 5.92 Å². The number of nitrogens with zero attached hydrogens (tertiary/aromatic N) is 7. The quantitative estimate of drug-likeness (QED) is 0.466. The number of piperidine rings is 1. The Bertz CT molecular complexity index is 1280. The fourth-order valence-corrected chi connectivity index (χ4v) is 4.82. The summed E-state index contributed by atoms with van der Waals surface area (Å²) in [6.07, 6.45) is 7.16. The van der Waals surface area contributed by atoms with Crippen LogP contribution < -0.4 is 15.1 Å². The average Bonchev–Trinajstić information content (AvgIpc) is 2.97. The molecule has 3 aromatic rings. The van der Waals surface area contributed by atoms with Crippen molar-refractivity contribution in [1.82, 2.24) is 24.8 Å². The predicted molar refractivity (Wildman–Crippen MR) is 142 cm³/mol. The summed E-state index contributed by atoms with van der Waals surface area (Å²) in [6.45, 7) is 3.47. The van der Waals surface area contributed by atoms with Crippen LogP contribution in [0.25, 0.3) is 11.3 Å². The first kappa shape index (κ1) is 25.2. The van der Waals surface area contributed by atoms with Crippen LogP contribution in [-0.4, -0.2) is 88.4 Å². The van der Waals surface area contributed by atoms with Crippen molar-refractivity contribution >= 4 is 35.2 Å². The maximum absolute atomic E-state index is 12.0. The number of rotatable bonds is 6. The molecule has 5 heterocycles. The van der Waals surface area contributed by atoms with Gasteiger partial charge >= 0.3 is 12.1 Å². The summed E-state index contributed by atoms with van der Waals surface area (Å²) in [5, 5.41) is 12.5. The summed E-state index contributed by atoms with van der Waals surface area (Å²) in [5.41, 5.74) is 2.64. The number of carbonyl (C=O) groups excluding carboxylic acids is 1. The van der Waals surface area contributed by atoms with E-state index in [4.69, 9.17) is 9.72 Å². The molecule has 0 unspecified atom stereocenters. The van der Waals surface area contributed by atoms with Gasteiger partial charge in [-0.1, -0.05) is 0 Å². The van der Waals surface area contributed by atoms with Crippen molar-refractivity contribution in [1.29, 1.82) is 0 Å². The van der Waals surface area contributed by atoms with Crippen LogP contribution in [0.2, 0.25) is 0 Å². The largest absolute Gasteiger partial charge is 0.469 e. The Kier molecular flexibility index (Phi) is 7.47. The van der Waals surface area contributed by atoms with E-state index < -0.39 is 6.09 Å². The molecule has 0 radical (unpaired) electrons. The topological polar surface area (TPSA) is 137 Å². The molecule has 0 bridgehead atoms. The van der Waals surface area contributed by atoms with E-state index in [0.29, 0.717) is 37.8 Å². The van der Waals surface area contributed by atoms with Gasteiger partial charge in [-0.25, -0.2) is 19.7 Å². The van der Waals surface area contributed by atoms with Gasteiger partial charge in [0.25, 0.3) is 0 Å². The molecule has 0 atom stereocenters. The summed E-state index contributed by atoms with van der Waals surface area (Å²) in [7, 11) is 1.43. The molecule has 2 fully saturated rings. The highest BCUT2D eigenvalue weighted by Gasteiger charge is 2.26. The number of hydrogen-bond acceptors (Lipinski definition) is 10. The van der Waals surface area contributed by atoms with Gasteiger partial charge in [-0.05, 0) is 31.0 Å².